The van der Waals surface area contributed by atoms with E-state index in [1.165, 1.54) is 0 Å². The molecule has 0 fully saturated rings. The van der Waals surface area contributed by atoms with Crippen molar-refractivity contribution in [1.82, 2.24) is 0 Å². The third-order valence-corrected chi connectivity index (χ3v) is 4.25. The van der Waals surface area contributed by atoms with Gasteiger partial charge in [0.1, 0.15) is 5.75 Å². The minimum absolute atomic E-state index is 0.0355. The van der Waals surface area contributed by atoms with Crippen molar-refractivity contribution in [1.29, 1.82) is 0 Å². The average molecular weight is 312 g/mol. The fourth-order valence-corrected chi connectivity index (χ4v) is 3.26. The fourth-order valence-electron chi connectivity index (χ4n) is 3.26. The van der Waals surface area contributed by atoms with E-state index in [9.17, 15) is 4.79 Å². The zero-order valence-electron chi connectivity index (χ0n) is 13.8. The minimum Gasteiger partial charge on any atom is -0.493 e. The van der Waals surface area contributed by atoms with Crippen LogP contribution in [0.3, 0.4) is 0 Å². The Morgan fingerprint density at radius 2 is 1.78 bits per heavy atom. The zero-order valence-corrected chi connectivity index (χ0v) is 13.8. The predicted octanol–water partition coefficient (Wildman–Crippen LogP) is 3.76. The highest BCUT2D eigenvalue weighted by Crippen LogP contribution is 2.43. The third kappa shape index (κ3) is 2.77. The number of hydrogen-bond donors (Lipinski definition) is 0. The molecule has 1 aliphatic heterocycles. The second-order valence-corrected chi connectivity index (χ2v) is 5.84. The van der Waals surface area contributed by atoms with Gasteiger partial charge in [0.25, 0.3) is 0 Å². The van der Waals surface area contributed by atoms with Crippen LogP contribution in [-0.2, 0) is 4.79 Å². The number of benzene rings is 2. The van der Waals surface area contributed by atoms with Crippen LogP contribution in [0.5, 0.6) is 17.2 Å². The second-order valence-electron chi connectivity index (χ2n) is 5.84. The second kappa shape index (κ2) is 5.95. The van der Waals surface area contributed by atoms with Gasteiger partial charge in [0, 0.05) is 11.5 Å². The lowest BCUT2D eigenvalue weighted by atomic mass is 9.83. The van der Waals surface area contributed by atoms with Gasteiger partial charge in [-0.3, -0.25) is 4.79 Å². The molecule has 0 spiro atoms. The van der Waals surface area contributed by atoms with Crippen LogP contribution in [0.1, 0.15) is 34.6 Å². The first kappa shape index (κ1) is 15.4. The molecule has 0 N–H and O–H groups in total. The Morgan fingerprint density at radius 1 is 1.04 bits per heavy atom. The minimum atomic E-state index is -0.206. The Hall–Kier alpha value is -2.49. The van der Waals surface area contributed by atoms with Crippen molar-refractivity contribution in [2.45, 2.75) is 26.2 Å². The van der Waals surface area contributed by atoms with Crippen molar-refractivity contribution in [3.8, 4) is 17.2 Å². The highest BCUT2D eigenvalue weighted by Gasteiger charge is 2.30. The Kier molecular flexibility index (Phi) is 3.99. The number of hydrogen-bond acceptors (Lipinski definition) is 4. The first-order valence-electron chi connectivity index (χ1n) is 7.57. The lowest BCUT2D eigenvalue weighted by Crippen LogP contribution is -2.22. The van der Waals surface area contributed by atoms with Crippen molar-refractivity contribution < 1.29 is 19.0 Å². The lowest BCUT2D eigenvalue weighted by Gasteiger charge is -2.27. The molecule has 0 unspecified atom stereocenters. The van der Waals surface area contributed by atoms with Gasteiger partial charge in [0.15, 0.2) is 11.5 Å². The Labute approximate surface area is 136 Å². The Morgan fingerprint density at radius 3 is 2.48 bits per heavy atom. The summed E-state index contributed by atoms with van der Waals surface area (Å²) in [5.41, 5.74) is 4.31. The number of rotatable bonds is 3. The largest absolute Gasteiger partial charge is 0.493 e. The molecule has 1 aliphatic rings. The third-order valence-electron chi connectivity index (χ3n) is 4.25. The molecule has 0 amide bonds. The van der Waals surface area contributed by atoms with Gasteiger partial charge in [-0.25, -0.2) is 0 Å². The maximum atomic E-state index is 12.0. The van der Waals surface area contributed by atoms with Gasteiger partial charge in [-0.15, -0.1) is 0 Å². The Balaban J connectivity index is 2.13. The Bertz CT molecular complexity index is 764. The van der Waals surface area contributed by atoms with Gasteiger partial charge in [-0.1, -0.05) is 12.1 Å². The summed E-state index contributed by atoms with van der Waals surface area (Å²) >= 11 is 0. The van der Waals surface area contributed by atoms with E-state index in [2.05, 4.69) is 13.0 Å². The van der Waals surface area contributed by atoms with E-state index < -0.39 is 0 Å². The lowest BCUT2D eigenvalue weighted by molar-refractivity contribution is -0.135. The van der Waals surface area contributed by atoms with Crippen molar-refractivity contribution >= 4 is 5.97 Å². The zero-order chi connectivity index (χ0) is 16.6. The number of methoxy groups -OCH3 is 2. The highest BCUT2D eigenvalue weighted by molar-refractivity contribution is 5.78. The molecule has 0 radical (unpaired) electrons. The predicted molar refractivity (Wildman–Crippen MR) is 87.6 cm³/mol. The van der Waals surface area contributed by atoms with Crippen molar-refractivity contribution in [3.63, 3.8) is 0 Å². The number of fused-ring (bicyclic) bond motifs is 1. The molecule has 0 aliphatic carbocycles. The molecule has 0 saturated carbocycles. The van der Waals surface area contributed by atoms with Crippen LogP contribution in [0.4, 0.5) is 0 Å². The number of esters is 1. The number of carbonyl (C=O) groups excluding carboxylic acids is 1. The van der Waals surface area contributed by atoms with Gasteiger partial charge < -0.3 is 14.2 Å². The molecule has 0 saturated heterocycles. The van der Waals surface area contributed by atoms with Gasteiger partial charge in [0.05, 0.1) is 20.6 Å². The van der Waals surface area contributed by atoms with E-state index in [0.717, 1.165) is 22.3 Å². The molecule has 23 heavy (non-hydrogen) atoms. The molecule has 4 nitrogen and oxygen atoms in total. The summed E-state index contributed by atoms with van der Waals surface area (Å²) in [5, 5.41) is 0. The summed E-state index contributed by atoms with van der Waals surface area (Å²) in [6.45, 7) is 4.06. The van der Waals surface area contributed by atoms with Crippen LogP contribution in [0.2, 0.25) is 0 Å². The molecular formula is C19H20O4. The molecule has 2 aromatic rings. The maximum Gasteiger partial charge on any atom is 0.312 e. The summed E-state index contributed by atoms with van der Waals surface area (Å²) in [5.74, 6) is 1.76. The van der Waals surface area contributed by atoms with Crippen molar-refractivity contribution in [2.75, 3.05) is 14.2 Å². The topological polar surface area (TPSA) is 44.8 Å². The van der Waals surface area contributed by atoms with Gasteiger partial charge in [-0.2, -0.15) is 0 Å². The van der Waals surface area contributed by atoms with E-state index in [-0.39, 0.29) is 11.9 Å². The molecule has 0 bridgehead atoms. The van der Waals surface area contributed by atoms with E-state index in [1.807, 2.05) is 31.2 Å². The average Bonchev–Trinajstić information content (AvgIpc) is 2.52. The molecule has 0 aromatic heterocycles. The molecular weight excluding hydrogens is 292 g/mol. The number of carbonyl (C=O) groups is 1. The van der Waals surface area contributed by atoms with Gasteiger partial charge in [0.2, 0.25) is 0 Å². The standard InChI is InChI=1S/C19H20O4/c1-11-7-12(2)19-14(10-18(20)23-17(19)8-11)13-5-6-15(21-3)16(9-13)22-4/h5-9,14H,10H2,1-4H3/t14-/m0/s1. The van der Waals surface area contributed by atoms with Gasteiger partial charge in [-0.05, 0) is 48.7 Å². The summed E-state index contributed by atoms with van der Waals surface area (Å²) in [7, 11) is 3.22. The highest BCUT2D eigenvalue weighted by atomic mass is 16.5. The van der Waals surface area contributed by atoms with Crippen LogP contribution in [0, 0.1) is 13.8 Å². The molecule has 2 aromatic carbocycles. The van der Waals surface area contributed by atoms with Crippen LogP contribution in [0.15, 0.2) is 30.3 Å². The molecule has 1 atom stereocenters. The fraction of sp³-hybridized carbons (Fsp3) is 0.316. The summed E-state index contributed by atoms with van der Waals surface area (Å²) in [4.78, 5) is 12.0. The molecule has 4 heteroatoms. The quantitative estimate of drug-likeness (QED) is 0.639. The van der Waals surface area contributed by atoms with Crippen LogP contribution >= 0.6 is 0 Å². The molecule has 120 valence electrons. The normalized spacial score (nSPS) is 16.5. The SMILES string of the molecule is COc1ccc([C@@H]2CC(=O)Oc3cc(C)cc(C)c32)cc1OC. The maximum absolute atomic E-state index is 12.0. The summed E-state index contributed by atoms with van der Waals surface area (Å²) < 4.78 is 16.1. The monoisotopic (exact) mass is 312 g/mol. The number of aryl methyl sites for hydroxylation is 2. The van der Waals surface area contributed by atoms with E-state index in [0.29, 0.717) is 23.7 Å². The van der Waals surface area contributed by atoms with E-state index in [1.54, 1.807) is 14.2 Å². The summed E-state index contributed by atoms with van der Waals surface area (Å²) in [6.07, 6.45) is 0.326. The van der Waals surface area contributed by atoms with Crippen LogP contribution < -0.4 is 14.2 Å². The van der Waals surface area contributed by atoms with E-state index in [4.69, 9.17) is 14.2 Å². The first-order valence-corrected chi connectivity index (χ1v) is 7.57. The molecule has 1 heterocycles. The first-order chi connectivity index (χ1) is 11.0. The smallest absolute Gasteiger partial charge is 0.312 e. The van der Waals surface area contributed by atoms with Crippen molar-refractivity contribution in [2.24, 2.45) is 0 Å². The number of ether oxygens (including phenoxy) is 3. The van der Waals surface area contributed by atoms with E-state index >= 15 is 0 Å². The van der Waals surface area contributed by atoms with Crippen molar-refractivity contribution in [3.05, 3.63) is 52.6 Å². The van der Waals surface area contributed by atoms with Crippen LogP contribution in [-0.4, -0.2) is 20.2 Å². The molecule has 3 rings (SSSR count). The summed E-state index contributed by atoms with van der Waals surface area (Å²) in [6, 6.07) is 9.83. The van der Waals surface area contributed by atoms with Gasteiger partial charge >= 0.3 is 5.97 Å². The van der Waals surface area contributed by atoms with Crippen LogP contribution in [0.25, 0.3) is 0 Å².